The Kier molecular flexibility index (Phi) is 4.30. The fourth-order valence-electron chi connectivity index (χ4n) is 2.49. The maximum atomic E-state index is 13.7. The number of nitrogen functional groups attached to an aromatic ring is 1. The van der Waals surface area contributed by atoms with E-state index in [9.17, 15) is 4.39 Å². The van der Waals surface area contributed by atoms with Crippen molar-refractivity contribution >= 4 is 11.8 Å². The molecule has 2 heterocycles. The molecule has 0 amide bonds. The maximum Gasteiger partial charge on any atom is 0.239 e. The Balaban J connectivity index is 2.04. The SMILES string of the molecule is CCCC1CCN(c2nc(NN)ncc2F)CC1. The van der Waals surface area contributed by atoms with Gasteiger partial charge in [-0.1, -0.05) is 19.8 Å². The third-order valence-corrected chi connectivity index (χ3v) is 3.47. The summed E-state index contributed by atoms with van der Waals surface area (Å²) in [5, 5.41) is 0. The highest BCUT2D eigenvalue weighted by atomic mass is 19.1. The Hall–Kier alpha value is -1.43. The number of nitrogens with zero attached hydrogens (tertiary/aromatic N) is 3. The minimum Gasteiger partial charge on any atom is -0.354 e. The van der Waals surface area contributed by atoms with Crippen LogP contribution in [0.25, 0.3) is 0 Å². The lowest BCUT2D eigenvalue weighted by molar-refractivity contribution is 0.375. The van der Waals surface area contributed by atoms with Crippen molar-refractivity contribution < 1.29 is 4.39 Å². The van der Waals surface area contributed by atoms with Crippen LogP contribution in [0, 0.1) is 11.7 Å². The van der Waals surface area contributed by atoms with E-state index in [0.29, 0.717) is 5.82 Å². The molecule has 0 aliphatic carbocycles. The van der Waals surface area contributed by atoms with Crippen LogP contribution in [0.3, 0.4) is 0 Å². The second kappa shape index (κ2) is 5.95. The summed E-state index contributed by atoms with van der Waals surface area (Å²) in [6.45, 7) is 3.90. The predicted molar refractivity (Wildman–Crippen MR) is 69.6 cm³/mol. The smallest absolute Gasteiger partial charge is 0.239 e. The molecule has 0 radical (unpaired) electrons. The second-order valence-electron chi connectivity index (χ2n) is 4.73. The van der Waals surface area contributed by atoms with E-state index in [4.69, 9.17) is 5.84 Å². The maximum absolute atomic E-state index is 13.7. The number of anilines is 2. The van der Waals surface area contributed by atoms with Crippen molar-refractivity contribution in [2.75, 3.05) is 23.4 Å². The van der Waals surface area contributed by atoms with Crippen LogP contribution in [-0.4, -0.2) is 23.1 Å². The Morgan fingerprint density at radius 3 is 2.83 bits per heavy atom. The summed E-state index contributed by atoms with van der Waals surface area (Å²) < 4.78 is 13.7. The fourth-order valence-corrected chi connectivity index (χ4v) is 2.49. The van der Waals surface area contributed by atoms with Gasteiger partial charge in [0.15, 0.2) is 11.6 Å². The molecular formula is C12H20FN5. The molecule has 1 aromatic heterocycles. The monoisotopic (exact) mass is 253 g/mol. The van der Waals surface area contributed by atoms with Crippen LogP contribution in [-0.2, 0) is 0 Å². The van der Waals surface area contributed by atoms with E-state index in [1.165, 1.54) is 12.8 Å². The van der Waals surface area contributed by atoms with Gasteiger partial charge < -0.3 is 4.90 Å². The third-order valence-electron chi connectivity index (χ3n) is 3.47. The van der Waals surface area contributed by atoms with E-state index in [1.807, 2.05) is 4.90 Å². The van der Waals surface area contributed by atoms with Gasteiger partial charge in [0.25, 0.3) is 0 Å². The molecule has 0 spiro atoms. The lowest BCUT2D eigenvalue weighted by Crippen LogP contribution is -2.35. The molecule has 2 rings (SSSR count). The predicted octanol–water partition coefficient (Wildman–Crippen LogP) is 1.92. The van der Waals surface area contributed by atoms with Gasteiger partial charge in [0, 0.05) is 13.1 Å². The lowest BCUT2D eigenvalue weighted by atomic mass is 9.92. The van der Waals surface area contributed by atoms with E-state index in [0.717, 1.165) is 38.0 Å². The molecular weight excluding hydrogens is 233 g/mol. The minimum atomic E-state index is -0.386. The van der Waals surface area contributed by atoms with Gasteiger partial charge in [-0.15, -0.1) is 0 Å². The van der Waals surface area contributed by atoms with E-state index >= 15 is 0 Å². The van der Waals surface area contributed by atoms with Gasteiger partial charge in [-0.2, -0.15) is 4.98 Å². The van der Waals surface area contributed by atoms with E-state index in [2.05, 4.69) is 22.3 Å². The largest absolute Gasteiger partial charge is 0.354 e. The van der Waals surface area contributed by atoms with Crippen LogP contribution < -0.4 is 16.2 Å². The van der Waals surface area contributed by atoms with Gasteiger partial charge in [0.1, 0.15) is 0 Å². The number of hydrazine groups is 1. The molecule has 18 heavy (non-hydrogen) atoms. The average Bonchev–Trinajstić information content (AvgIpc) is 2.41. The van der Waals surface area contributed by atoms with Gasteiger partial charge in [-0.05, 0) is 18.8 Å². The molecule has 1 saturated heterocycles. The molecule has 1 fully saturated rings. The Bertz CT molecular complexity index is 390. The lowest BCUT2D eigenvalue weighted by Gasteiger charge is -2.32. The normalized spacial score (nSPS) is 16.9. The van der Waals surface area contributed by atoms with Crippen molar-refractivity contribution in [3.05, 3.63) is 12.0 Å². The Morgan fingerprint density at radius 1 is 1.50 bits per heavy atom. The number of halogens is 1. The Labute approximate surface area is 107 Å². The fraction of sp³-hybridized carbons (Fsp3) is 0.667. The first kappa shape index (κ1) is 13.0. The average molecular weight is 253 g/mol. The van der Waals surface area contributed by atoms with Crippen molar-refractivity contribution in [2.45, 2.75) is 32.6 Å². The van der Waals surface area contributed by atoms with Crippen LogP contribution >= 0.6 is 0 Å². The summed E-state index contributed by atoms with van der Waals surface area (Å²) in [4.78, 5) is 9.81. The molecule has 0 bridgehead atoms. The quantitative estimate of drug-likeness (QED) is 0.634. The van der Waals surface area contributed by atoms with Gasteiger partial charge in [0.05, 0.1) is 6.20 Å². The van der Waals surface area contributed by atoms with Crippen LogP contribution in [0.1, 0.15) is 32.6 Å². The first-order valence-electron chi connectivity index (χ1n) is 6.48. The first-order valence-corrected chi connectivity index (χ1v) is 6.48. The van der Waals surface area contributed by atoms with Gasteiger partial charge in [0.2, 0.25) is 5.95 Å². The number of hydrogen-bond acceptors (Lipinski definition) is 5. The van der Waals surface area contributed by atoms with Crippen molar-refractivity contribution in [3.8, 4) is 0 Å². The van der Waals surface area contributed by atoms with Crippen molar-refractivity contribution in [3.63, 3.8) is 0 Å². The highest BCUT2D eigenvalue weighted by Crippen LogP contribution is 2.26. The zero-order chi connectivity index (χ0) is 13.0. The zero-order valence-corrected chi connectivity index (χ0v) is 10.7. The molecule has 5 nitrogen and oxygen atoms in total. The molecule has 0 unspecified atom stereocenters. The summed E-state index contributed by atoms with van der Waals surface area (Å²) in [6, 6.07) is 0. The standard InChI is InChI=1S/C12H20FN5/c1-2-3-9-4-6-18(7-5-9)11-10(13)8-15-12(16-11)17-14/h8-9H,2-7,14H2,1H3,(H,15,16,17). The van der Waals surface area contributed by atoms with Crippen molar-refractivity contribution in [1.82, 2.24) is 9.97 Å². The molecule has 0 saturated carbocycles. The zero-order valence-electron chi connectivity index (χ0n) is 10.7. The van der Waals surface area contributed by atoms with Crippen LogP contribution in [0.2, 0.25) is 0 Å². The summed E-state index contributed by atoms with van der Waals surface area (Å²) in [5.41, 5.74) is 2.35. The molecule has 0 atom stereocenters. The molecule has 0 aromatic carbocycles. The highest BCUT2D eigenvalue weighted by Gasteiger charge is 2.22. The topological polar surface area (TPSA) is 67.1 Å². The summed E-state index contributed by atoms with van der Waals surface area (Å²) in [6.07, 6.45) is 5.84. The number of nitrogens with one attached hydrogen (secondary N) is 1. The van der Waals surface area contributed by atoms with E-state index in [-0.39, 0.29) is 11.8 Å². The summed E-state index contributed by atoms with van der Waals surface area (Å²) in [7, 11) is 0. The molecule has 3 N–H and O–H groups in total. The minimum absolute atomic E-state index is 0.252. The molecule has 1 aromatic rings. The van der Waals surface area contributed by atoms with Crippen LogP contribution in [0.15, 0.2) is 6.20 Å². The second-order valence-corrected chi connectivity index (χ2v) is 4.73. The summed E-state index contributed by atoms with van der Waals surface area (Å²) in [5.74, 6) is 6.23. The summed E-state index contributed by atoms with van der Waals surface area (Å²) >= 11 is 0. The third kappa shape index (κ3) is 2.87. The highest BCUT2D eigenvalue weighted by molar-refractivity contribution is 5.43. The molecule has 1 aliphatic heterocycles. The number of aromatic nitrogens is 2. The number of hydrogen-bond donors (Lipinski definition) is 2. The first-order chi connectivity index (χ1) is 8.74. The van der Waals surface area contributed by atoms with Crippen LogP contribution in [0.5, 0.6) is 0 Å². The van der Waals surface area contributed by atoms with Gasteiger partial charge >= 0.3 is 0 Å². The van der Waals surface area contributed by atoms with Gasteiger partial charge in [-0.3, -0.25) is 5.43 Å². The number of piperidine rings is 1. The molecule has 100 valence electrons. The molecule has 6 heteroatoms. The Morgan fingerprint density at radius 2 is 2.22 bits per heavy atom. The van der Waals surface area contributed by atoms with E-state index < -0.39 is 0 Å². The van der Waals surface area contributed by atoms with Crippen LogP contribution in [0.4, 0.5) is 16.2 Å². The van der Waals surface area contributed by atoms with Crippen molar-refractivity contribution in [1.29, 1.82) is 0 Å². The van der Waals surface area contributed by atoms with E-state index in [1.54, 1.807) is 0 Å². The molecule has 1 aliphatic rings. The van der Waals surface area contributed by atoms with Gasteiger partial charge in [-0.25, -0.2) is 15.2 Å². The number of rotatable bonds is 4. The number of nitrogens with two attached hydrogens (primary N) is 1. The van der Waals surface area contributed by atoms with Crippen molar-refractivity contribution in [2.24, 2.45) is 11.8 Å².